The summed E-state index contributed by atoms with van der Waals surface area (Å²) >= 11 is 6.26. The molecular weight excluding hydrogens is 442 g/mol. The van der Waals surface area contributed by atoms with E-state index in [0.717, 1.165) is 10.5 Å². The van der Waals surface area contributed by atoms with Crippen molar-refractivity contribution < 1.29 is 19.1 Å². The van der Waals surface area contributed by atoms with Crippen LogP contribution in [0.3, 0.4) is 0 Å². The van der Waals surface area contributed by atoms with E-state index in [4.69, 9.17) is 22.8 Å². The van der Waals surface area contributed by atoms with E-state index in [2.05, 4.69) is 16.7 Å². The number of para-hydroxylation sites is 1. The van der Waals surface area contributed by atoms with Crippen LogP contribution in [-0.2, 0) is 14.3 Å². The Bertz CT molecular complexity index is 1040. The zero-order chi connectivity index (χ0) is 24.8. The third-order valence-electron chi connectivity index (χ3n) is 4.57. The van der Waals surface area contributed by atoms with Crippen LogP contribution in [0.4, 0.5) is 10.5 Å². The first-order valence-electron chi connectivity index (χ1n) is 10.3. The molecule has 0 spiro atoms. The average molecular weight is 470 g/mol. The predicted octanol–water partition coefficient (Wildman–Crippen LogP) is 4.66. The number of halogens is 1. The first-order chi connectivity index (χ1) is 15.4. The Morgan fingerprint density at radius 3 is 2.27 bits per heavy atom. The minimum Gasteiger partial charge on any atom is -0.444 e. The van der Waals surface area contributed by atoms with Crippen LogP contribution in [0, 0.1) is 19.4 Å². The Labute approximate surface area is 199 Å². The number of rotatable bonds is 6. The van der Waals surface area contributed by atoms with Gasteiger partial charge in [-0.25, -0.2) is 4.79 Å². The monoisotopic (exact) mass is 469 g/mol. The Hall–Kier alpha value is -3.50. The smallest absolute Gasteiger partial charge is 0.408 e. The molecule has 0 saturated heterocycles. The molecule has 0 saturated carbocycles. The first-order valence-corrected chi connectivity index (χ1v) is 10.7. The lowest BCUT2D eigenvalue weighted by molar-refractivity contribution is -0.136. The van der Waals surface area contributed by atoms with Crippen LogP contribution in [0.1, 0.15) is 44.9 Å². The summed E-state index contributed by atoms with van der Waals surface area (Å²) < 4.78 is 5.20. The second kappa shape index (κ2) is 10.9. The molecule has 0 fully saturated rings. The Morgan fingerprint density at radius 1 is 1.09 bits per heavy atom. The number of amides is 3. The van der Waals surface area contributed by atoms with Gasteiger partial charge in [0, 0.05) is 6.04 Å². The van der Waals surface area contributed by atoms with Gasteiger partial charge in [-0.15, -0.1) is 0 Å². The largest absolute Gasteiger partial charge is 0.444 e. The summed E-state index contributed by atoms with van der Waals surface area (Å²) in [5.74, 6) is -1.20. The molecule has 174 valence electrons. The van der Waals surface area contributed by atoms with E-state index in [1.807, 2.05) is 0 Å². The van der Waals surface area contributed by atoms with Gasteiger partial charge in [0.2, 0.25) is 0 Å². The highest BCUT2D eigenvalue weighted by Crippen LogP contribution is 2.29. The van der Waals surface area contributed by atoms with Gasteiger partial charge in [0.15, 0.2) is 0 Å². The number of alkyl carbamates (subject to hydrolysis) is 1. The molecule has 2 unspecified atom stereocenters. The zero-order valence-corrected chi connectivity index (χ0v) is 20.1. The number of nitrogens with zero attached hydrogens (tertiary/aromatic N) is 1. The molecule has 0 aromatic heterocycles. The Morgan fingerprint density at radius 2 is 1.73 bits per heavy atom. The topological polar surface area (TPSA) is 87.7 Å². The van der Waals surface area contributed by atoms with Gasteiger partial charge in [0.25, 0.3) is 11.8 Å². The standard InChI is InChI=1S/C25H28ClN3O4/c1-7-29(23(31)17(3)27-24(32)33-25(4,5)6)21(18-13-9-8-10-14-18)22(30)28-20-16(2)12-11-15-19(20)26/h1,8-15,17,21H,2-6H3,(H,27,32)(H,28,30). The fraction of sp³-hybridized carbons (Fsp3) is 0.320. The first kappa shape index (κ1) is 25.8. The van der Waals surface area contributed by atoms with Crippen molar-refractivity contribution in [3.63, 3.8) is 0 Å². The maximum atomic E-state index is 13.4. The lowest BCUT2D eigenvalue weighted by atomic mass is 10.0. The highest BCUT2D eigenvalue weighted by atomic mass is 35.5. The molecule has 2 N–H and O–H groups in total. The molecule has 0 aliphatic rings. The van der Waals surface area contributed by atoms with E-state index < -0.39 is 35.6 Å². The van der Waals surface area contributed by atoms with Gasteiger partial charge >= 0.3 is 6.09 Å². The van der Waals surface area contributed by atoms with E-state index in [0.29, 0.717) is 16.3 Å². The van der Waals surface area contributed by atoms with E-state index in [1.165, 1.54) is 6.92 Å². The average Bonchev–Trinajstić information content (AvgIpc) is 2.73. The SMILES string of the molecule is C#CN(C(=O)C(C)NC(=O)OC(C)(C)C)C(C(=O)Nc1c(C)cccc1Cl)c1ccccc1. The fourth-order valence-electron chi connectivity index (χ4n) is 3.05. The molecule has 0 radical (unpaired) electrons. The molecule has 2 aromatic rings. The van der Waals surface area contributed by atoms with Gasteiger partial charge in [-0.05, 0) is 51.8 Å². The highest BCUT2D eigenvalue weighted by molar-refractivity contribution is 6.34. The quantitative estimate of drug-likeness (QED) is 0.475. The molecule has 3 amide bonds. The summed E-state index contributed by atoms with van der Waals surface area (Å²) in [6, 6.07) is 13.9. The molecule has 2 aromatic carbocycles. The van der Waals surface area contributed by atoms with Gasteiger partial charge in [-0.1, -0.05) is 60.5 Å². The molecule has 7 nitrogen and oxygen atoms in total. The van der Waals surface area contributed by atoms with Gasteiger partial charge in [-0.2, -0.15) is 0 Å². The van der Waals surface area contributed by atoms with Crippen molar-refractivity contribution >= 4 is 35.2 Å². The number of terminal acetylenes is 1. The van der Waals surface area contributed by atoms with Crippen molar-refractivity contribution in [1.29, 1.82) is 0 Å². The van der Waals surface area contributed by atoms with Crippen LogP contribution < -0.4 is 10.6 Å². The Balaban J connectivity index is 2.35. The van der Waals surface area contributed by atoms with Crippen molar-refractivity contribution in [2.75, 3.05) is 5.32 Å². The second-order valence-electron chi connectivity index (χ2n) is 8.44. The molecule has 8 heteroatoms. The number of hydrogen-bond donors (Lipinski definition) is 2. The minimum absolute atomic E-state index is 0.355. The van der Waals surface area contributed by atoms with Crippen molar-refractivity contribution in [2.45, 2.75) is 52.3 Å². The summed E-state index contributed by atoms with van der Waals surface area (Å²) in [6.07, 6.45) is 4.91. The van der Waals surface area contributed by atoms with Crippen molar-refractivity contribution in [3.8, 4) is 12.5 Å². The fourth-order valence-corrected chi connectivity index (χ4v) is 3.32. The summed E-state index contributed by atoms with van der Waals surface area (Å²) in [7, 11) is 0. The summed E-state index contributed by atoms with van der Waals surface area (Å²) in [4.78, 5) is 39.7. The molecular formula is C25H28ClN3O4. The minimum atomic E-state index is -1.16. The number of benzene rings is 2. The number of anilines is 1. The predicted molar refractivity (Wildman–Crippen MR) is 129 cm³/mol. The van der Waals surface area contributed by atoms with Gasteiger partial charge in [0.1, 0.15) is 17.7 Å². The highest BCUT2D eigenvalue weighted by Gasteiger charge is 2.34. The molecule has 33 heavy (non-hydrogen) atoms. The lowest BCUT2D eigenvalue weighted by Gasteiger charge is -2.29. The number of nitrogens with one attached hydrogen (secondary N) is 2. The van der Waals surface area contributed by atoms with Crippen LogP contribution in [0.5, 0.6) is 0 Å². The maximum absolute atomic E-state index is 13.4. The summed E-state index contributed by atoms with van der Waals surface area (Å²) in [5.41, 5.74) is 0.934. The number of ether oxygens (including phenoxy) is 1. The van der Waals surface area contributed by atoms with Crippen molar-refractivity contribution in [2.24, 2.45) is 0 Å². The van der Waals surface area contributed by atoms with E-state index in [1.54, 1.807) is 76.2 Å². The van der Waals surface area contributed by atoms with Crippen LogP contribution in [0.2, 0.25) is 5.02 Å². The maximum Gasteiger partial charge on any atom is 0.408 e. The van der Waals surface area contributed by atoms with Gasteiger partial charge < -0.3 is 15.4 Å². The normalized spacial score (nSPS) is 12.6. The van der Waals surface area contributed by atoms with E-state index >= 15 is 0 Å². The summed E-state index contributed by atoms with van der Waals surface area (Å²) in [6.45, 7) is 8.39. The molecule has 0 aliphatic carbocycles. The van der Waals surface area contributed by atoms with Crippen molar-refractivity contribution in [1.82, 2.24) is 10.2 Å². The van der Waals surface area contributed by atoms with Crippen LogP contribution in [0.25, 0.3) is 0 Å². The summed E-state index contributed by atoms with van der Waals surface area (Å²) in [5, 5.41) is 5.60. The molecule has 0 heterocycles. The number of carbonyl (C=O) groups is 3. The zero-order valence-electron chi connectivity index (χ0n) is 19.3. The van der Waals surface area contributed by atoms with Crippen LogP contribution in [-0.4, -0.2) is 34.5 Å². The van der Waals surface area contributed by atoms with Gasteiger partial charge in [-0.3, -0.25) is 14.5 Å². The molecule has 0 aliphatic heterocycles. The number of hydrogen-bond acceptors (Lipinski definition) is 4. The third-order valence-corrected chi connectivity index (χ3v) is 4.89. The van der Waals surface area contributed by atoms with E-state index in [9.17, 15) is 14.4 Å². The third kappa shape index (κ3) is 6.99. The Kier molecular flexibility index (Phi) is 8.50. The second-order valence-corrected chi connectivity index (χ2v) is 8.85. The van der Waals surface area contributed by atoms with Crippen molar-refractivity contribution in [3.05, 3.63) is 64.7 Å². The molecule has 0 bridgehead atoms. The number of carbonyl (C=O) groups excluding carboxylic acids is 3. The number of aryl methyl sites for hydroxylation is 1. The molecule has 2 rings (SSSR count). The van der Waals surface area contributed by atoms with E-state index in [-0.39, 0.29) is 0 Å². The van der Waals surface area contributed by atoms with Crippen LogP contribution in [0.15, 0.2) is 48.5 Å². The lowest BCUT2D eigenvalue weighted by Crippen LogP contribution is -2.49. The molecule has 2 atom stereocenters. The van der Waals surface area contributed by atoms with Gasteiger partial charge in [0.05, 0.1) is 10.7 Å². The van der Waals surface area contributed by atoms with Crippen LogP contribution >= 0.6 is 11.6 Å².